The minimum Gasteiger partial charge on any atom is -0.290 e. The lowest BCUT2D eigenvalue weighted by atomic mass is 9.72. The molecule has 0 heterocycles. The first-order valence-electron chi connectivity index (χ1n) is 7.23. The summed E-state index contributed by atoms with van der Waals surface area (Å²) < 4.78 is 27.7. The van der Waals surface area contributed by atoms with Crippen molar-refractivity contribution in [3.8, 4) is 0 Å². The summed E-state index contributed by atoms with van der Waals surface area (Å²) in [6.45, 7) is 0. The largest absolute Gasteiger partial charge is 0.474 e. The van der Waals surface area contributed by atoms with Gasteiger partial charge in [-0.25, -0.2) is 4.57 Å². The average Bonchev–Trinajstić information content (AvgIpc) is 3.16. The van der Waals surface area contributed by atoms with Crippen LogP contribution in [-0.4, -0.2) is 20.3 Å². The van der Waals surface area contributed by atoms with Crippen molar-refractivity contribution < 1.29 is 18.1 Å². The number of fused-ring (bicyclic) bond motifs is 9. The second-order valence-corrected chi connectivity index (χ2v) is 8.29. The Bertz CT molecular complexity index is 454. The van der Waals surface area contributed by atoms with E-state index >= 15 is 0 Å². The van der Waals surface area contributed by atoms with Crippen molar-refractivity contribution in [1.29, 1.82) is 0 Å². The van der Waals surface area contributed by atoms with Gasteiger partial charge in [-0.05, 0) is 54.8 Å². The van der Waals surface area contributed by atoms with E-state index < -0.39 is 7.82 Å². The molecule has 0 saturated heterocycles. The minimum atomic E-state index is -3.33. The van der Waals surface area contributed by atoms with Crippen LogP contribution in [0.3, 0.4) is 0 Å². The number of phosphoric ester groups is 1. The van der Waals surface area contributed by atoms with Crippen molar-refractivity contribution in [2.45, 2.75) is 25.4 Å². The van der Waals surface area contributed by atoms with Gasteiger partial charge >= 0.3 is 7.82 Å². The zero-order valence-corrected chi connectivity index (χ0v) is 12.3. The van der Waals surface area contributed by atoms with Crippen LogP contribution in [0.5, 0.6) is 0 Å². The second kappa shape index (κ2) is 4.17. The predicted molar refractivity (Wildman–Crippen MR) is 70.4 cm³/mol. The Balaban J connectivity index is 1.54. The Morgan fingerprint density at radius 1 is 1.00 bits per heavy atom. The molecular weight excluding hydrogens is 263 g/mol. The van der Waals surface area contributed by atoms with Crippen LogP contribution in [0, 0.1) is 35.5 Å². The second-order valence-electron chi connectivity index (χ2n) is 6.45. The predicted octanol–water partition coefficient (Wildman–Crippen LogP) is 3.25. The summed E-state index contributed by atoms with van der Waals surface area (Å²) in [5.74, 6) is 4.46. The highest BCUT2D eigenvalue weighted by molar-refractivity contribution is 7.48. The SMILES string of the molecule is COP(=O)(OC)OC1CC2CC1C1C3C=CC(C3)C21. The van der Waals surface area contributed by atoms with Crippen LogP contribution in [0.1, 0.15) is 19.3 Å². The summed E-state index contributed by atoms with van der Waals surface area (Å²) in [6.07, 6.45) is 8.49. The van der Waals surface area contributed by atoms with E-state index in [1.807, 2.05) is 0 Å². The fraction of sp³-hybridized carbons (Fsp3) is 0.857. The Morgan fingerprint density at radius 3 is 2.37 bits per heavy atom. The first-order valence-corrected chi connectivity index (χ1v) is 8.69. The van der Waals surface area contributed by atoms with Gasteiger partial charge in [0.15, 0.2) is 0 Å². The van der Waals surface area contributed by atoms with E-state index in [4.69, 9.17) is 13.6 Å². The maximum atomic E-state index is 12.2. The van der Waals surface area contributed by atoms with Crippen LogP contribution in [0.4, 0.5) is 0 Å². The Morgan fingerprint density at radius 2 is 1.68 bits per heavy atom. The van der Waals surface area contributed by atoms with E-state index in [-0.39, 0.29) is 6.10 Å². The molecule has 4 aliphatic carbocycles. The molecule has 0 aromatic heterocycles. The van der Waals surface area contributed by atoms with Crippen LogP contribution in [0.25, 0.3) is 0 Å². The highest BCUT2D eigenvalue weighted by Crippen LogP contribution is 2.67. The maximum absolute atomic E-state index is 12.2. The smallest absolute Gasteiger partial charge is 0.290 e. The van der Waals surface area contributed by atoms with E-state index in [1.165, 1.54) is 27.1 Å². The van der Waals surface area contributed by atoms with Gasteiger partial charge in [0.1, 0.15) is 0 Å². The Kier molecular flexibility index (Phi) is 2.76. The molecule has 4 bridgehead atoms. The van der Waals surface area contributed by atoms with E-state index in [9.17, 15) is 4.57 Å². The molecule has 4 aliphatic rings. The molecule has 0 aliphatic heterocycles. The van der Waals surface area contributed by atoms with Crippen molar-refractivity contribution in [3.63, 3.8) is 0 Å². The first kappa shape index (κ1) is 12.6. The van der Waals surface area contributed by atoms with Gasteiger partial charge in [0.05, 0.1) is 6.10 Å². The van der Waals surface area contributed by atoms with Gasteiger partial charge in [-0.3, -0.25) is 13.6 Å². The van der Waals surface area contributed by atoms with Crippen LogP contribution in [-0.2, 0) is 18.1 Å². The van der Waals surface area contributed by atoms with Gasteiger partial charge in [0, 0.05) is 14.2 Å². The Hall–Kier alpha value is -0.150. The quantitative estimate of drug-likeness (QED) is 0.451. The van der Waals surface area contributed by atoms with Crippen LogP contribution in [0.15, 0.2) is 12.2 Å². The lowest BCUT2D eigenvalue weighted by molar-refractivity contribution is 0.0321. The highest BCUT2D eigenvalue weighted by Gasteiger charge is 2.62. The van der Waals surface area contributed by atoms with Gasteiger partial charge in [0.25, 0.3) is 0 Å². The topological polar surface area (TPSA) is 44.8 Å². The van der Waals surface area contributed by atoms with Gasteiger partial charge in [-0.15, -0.1) is 0 Å². The van der Waals surface area contributed by atoms with Crippen molar-refractivity contribution in [2.24, 2.45) is 35.5 Å². The molecule has 106 valence electrons. The third kappa shape index (κ3) is 1.67. The minimum absolute atomic E-state index is 0.0599. The zero-order valence-electron chi connectivity index (χ0n) is 11.4. The number of phosphoric acid groups is 1. The molecule has 3 saturated carbocycles. The molecule has 0 aromatic rings. The summed E-state index contributed by atoms with van der Waals surface area (Å²) in [6, 6.07) is 0. The lowest BCUT2D eigenvalue weighted by Gasteiger charge is -2.36. The fourth-order valence-corrected chi connectivity index (χ4v) is 6.30. The first-order chi connectivity index (χ1) is 9.15. The molecule has 0 aromatic carbocycles. The van der Waals surface area contributed by atoms with Gasteiger partial charge in [-0.2, -0.15) is 0 Å². The molecular formula is C14H21O4P. The summed E-state index contributed by atoms with van der Waals surface area (Å²) in [5.41, 5.74) is 0. The molecule has 0 N–H and O–H groups in total. The molecule has 4 rings (SSSR count). The standard InChI is InChI=1S/C14H21O4P/c1-16-19(15,17-2)18-12-7-10-6-11(12)14-9-4-3-8(5-9)13(10)14/h3-4,8-14H,5-7H2,1-2H3. The lowest BCUT2D eigenvalue weighted by Crippen LogP contribution is -2.34. The van der Waals surface area contributed by atoms with E-state index in [1.54, 1.807) is 0 Å². The summed E-state index contributed by atoms with van der Waals surface area (Å²) in [5, 5.41) is 0. The van der Waals surface area contributed by atoms with Crippen LogP contribution in [0.2, 0.25) is 0 Å². The van der Waals surface area contributed by atoms with Crippen molar-refractivity contribution >= 4 is 7.82 Å². The maximum Gasteiger partial charge on any atom is 0.474 e. The fourth-order valence-electron chi connectivity index (χ4n) is 5.40. The van der Waals surface area contributed by atoms with E-state index in [2.05, 4.69) is 12.2 Å². The van der Waals surface area contributed by atoms with Crippen LogP contribution < -0.4 is 0 Å². The van der Waals surface area contributed by atoms with Crippen molar-refractivity contribution in [1.82, 2.24) is 0 Å². The van der Waals surface area contributed by atoms with E-state index in [0.29, 0.717) is 5.92 Å². The van der Waals surface area contributed by atoms with Crippen molar-refractivity contribution in [2.75, 3.05) is 14.2 Å². The van der Waals surface area contributed by atoms with Gasteiger partial charge < -0.3 is 0 Å². The summed E-state index contributed by atoms with van der Waals surface area (Å²) in [7, 11) is -0.553. The monoisotopic (exact) mass is 284 g/mol. The summed E-state index contributed by atoms with van der Waals surface area (Å²) >= 11 is 0. The summed E-state index contributed by atoms with van der Waals surface area (Å²) in [4.78, 5) is 0. The molecule has 0 amide bonds. The molecule has 19 heavy (non-hydrogen) atoms. The van der Waals surface area contributed by atoms with Crippen LogP contribution >= 0.6 is 7.82 Å². The molecule has 3 fully saturated rings. The van der Waals surface area contributed by atoms with Crippen molar-refractivity contribution in [3.05, 3.63) is 12.2 Å². The molecule has 0 radical (unpaired) electrons. The third-order valence-corrected chi connectivity index (χ3v) is 7.34. The molecule has 0 spiro atoms. The molecule has 4 nitrogen and oxygen atoms in total. The number of rotatable bonds is 4. The third-order valence-electron chi connectivity index (χ3n) is 5.92. The number of allylic oxidation sites excluding steroid dienone is 2. The number of hydrogen-bond acceptors (Lipinski definition) is 4. The highest BCUT2D eigenvalue weighted by atomic mass is 31.2. The number of hydrogen-bond donors (Lipinski definition) is 0. The molecule has 5 heteroatoms. The Labute approximate surface area is 114 Å². The average molecular weight is 284 g/mol. The zero-order chi connectivity index (χ0) is 13.2. The van der Waals surface area contributed by atoms with Gasteiger partial charge in [0.2, 0.25) is 0 Å². The van der Waals surface area contributed by atoms with E-state index in [0.717, 1.165) is 36.0 Å². The molecule has 7 unspecified atom stereocenters. The van der Waals surface area contributed by atoms with Gasteiger partial charge in [-0.1, -0.05) is 12.2 Å². The normalized spacial score (nSPS) is 50.1. The molecule has 7 atom stereocenters.